The van der Waals surface area contributed by atoms with Crippen molar-refractivity contribution in [3.8, 4) is 0 Å². The number of rotatable bonds is 4. The van der Waals surface area contributed by atoms with Gasteiger partial charge in [-0.25, -0.2) is 9.97 Å². The highest BCUT2D eigenvalue weighted by molar-refractivity contribution is 7.09. The molecule has 0 aromatic carbocycles. The molecule has 1 aliphatic heterocycles. The highest BCUT2D eigenvalue weighted by atomic mass is 32.1. The topological polar surface area (TPSA) is 59.2 Å². The second kappa shape index (κ2) is 6.83. The highest BCUT2D eigenvalue weighted by Gasteiger charge is 2.30. The van der Waals surface area contributed by atoms with Crippen molar-refractivity contribution in [2.45, 2.75) is 51.9 Å². The van der Waals surface area contributed by atoms with E-state index in [4.69, 9.17) is 9.40 Å². The zero-order valence-electron chi connectivity index (χ0n) is 13.9. The molecule has 0 unspecified atom stereocenters. The second-order valence-corrected chi connectivity index (χ2v) is 7.23. The van der Waals surface area contributed by atoms with E-state index < -0.39 is 0 Å². The van der Waals surface area contributed by atoms with Gasteiger partial charge in [0.15, 0.2) is 12.1 Å². The molecule has 1 saturated heterocycles. The highest BCUT2D eigenvalue weighted by Crippen LogP contribution is 2.30. The molecule has 2 aromatic rings. The monoisotopic (exact) mass is 333 g/mol. The molecule has 0 radical (unpaired) electrons. The van der Waals surface area contributed by atoms with E-state index in [9.17, 15) is 4.79 Å². The minimum atomic E-state index is -0.0144. The fourth-order valence-electron chi connectivity index (χ4n) is 3.01. The first-order valence-electron chi connectivity index (χ1n) is 8.27. The maximum absolute atomic E-state index is 12.8. The number of thiazole rings is 1. The van der Waals surface area contributed by atoms with Crippen LogP contribution in [-0.4, -0.2) is 33.9 Å². The van der Waals surface area contributed by atoms with E-state index in [2.05, 4.69) is 17.3 Å². The average Bonchev–Trinajstić information content (AvgIpc) is 3.23. The number of nitrogens with zero attached hydrogens (tertiary/aromatic N) is 3. The maximum Gasteiger partial charge on any atom is 0.276 e. The van der Waals surface area contributed by atoms with Gasteiger partial charge >= 0.3 is 0 Å². The van der Waals surface area contributed by atoms with Gasteiger partial charge in [-0.3, -0.25) is 4.79 Å². The first kappa shape index (κ1) is 16.2. The summed E-state index contributed by atoms with van der Waals surface area (Å²) in [6.45, 7) is 7.65. The van der Waals surface area contributed by atoms with E-state index in [0.29, 0.717) is 17.4 Å². The van der Waals surface area contributed by atoms with E-state index in [1.54, 1.807) is 11.3 Å². The molecule has 0 aliphatic carbocycles. The summed E-state index contributed by atoms with van der Waals surface area (Å²) in [6, 6.07) is 0. The van der Waals surface area contributed by atoms with Crippen LogP contribution in [0.5, 0.6) is 0 Å². The predicted molar refractivity (Wildman–Crippen MR) is 90.0 cm³/mol. The quantitative estimate of drug-likeness (QED) is 0.853. The minimum Gasteiger partial charge on any atom is -0.447 e. The Morgan fingerprint density at radius 1 is 1.52 bits per heavy atom. The average molecular weight is 333 g/mol. The summed E-state index contributed by atoms with van der Waals surface area (Å²) in [4.78, 5) is 23.6. The number of aromatic nitrogens is 2. The number of likely N-dealkylation sites (tertiary alicyclic amines) is 1. The van der Waals surface area contributed by atoms with E-state index in [0.717, 1.165) is 43.1 Å². The smallest absolute Gasteiger partial charge is 0.276 e. The molecule has 0 bridgehead atoms. The molecule has 1 amide bonds. The van der Waals surface area contributed by atoms with Crippen molar-refractivity contribution < 1.29 is 9.21 Å². The molecule has 6 heteroatoms. The van der Waals surface area contributed by atoms with Gasteiger partial charge in [0.2, 0.25) is 0 Å². The van der Waals surface area contributed by atoms with Gasteiger partial charge in [0.05, 0.1) is 10.7 Å². The summed E-state index contributed by atoms with van der Waals surface area (Å²) in [5.41, 5.74) is 1.61. The number of amides is 1. The van der Waals surface area contributed by atoms with E-state index in [1.807, 2.05) is 18.7 Å². The van der Waals surface area contributed by atoms with Crippen LogP contribution in [0.2, 0.25) is 0 Å². The Balaban J connectivity index is 1.75. The number of carbonyl (C=O) groups excluding carboxylic acids is 1. The fraction of sp³-hybridized carbons (Fsp3) is 0.588. The van der Waals surface area contributed by atoms with Crippen LogP contribution in [0.25, 0.3) is 0 Å². The van der Waals surface area contributed by atoms with Gasteiger partial charge in [0.1, 0.15) is 5.76 Å². The van der Waals surface area contributed by atoms with E-state index >= 15 is 0 Å². The largest absolute Gasteiger partial charge is 0.447 e. The lowest BCUT2D eigenvalue weighted by molar-refractivity contribution is 0.0699. The van der Waals surface area contributed by atoms with Crippen molar-refractivity contribution in [1.29, 1.82) is 0 Å². The Kier molecular flexibility index (Phi) is 4.80. The summed E-state index contributed by atoms with van der Waals surface area (Å²) in [5.74, 6) is 1.16. The Morgan fingerprint density at radius 2 is 2.35 bits per heavy atom. The van der Waals surface area contributed by atoms with Crippen LogP contribution < -0.4 is 0 Å². The summed E-state index contributed by atoms with van der Waals surface area (Å²) in [6.07, 6.45) is 4.43. The molecular formula is C17H23N3O2S. The normalized spacial score (nSPS) is 18.6. The van der Waals surface area contributed by atoms with Crippen molar-refractivity contribution >= 4 is 17.2 Å². The predicted octanol–water partition coefficient (Wildman–Crippen LogP) is 3.84. The number of aryl methyl sites for hydroxylation is 1. The van der Waals surface area contributed by atoms with Crippen molar-refractivity contribution in [2.24, 2.45) is 0 Å². The van der Waals surface area contributed by atoms with Crippen LogP contribution in [0.3, 0.4) is 0 Å². The lowest BCUT2D eigenvalue weighted by Gasteiger charge is -2.31. The molecule has 2 aromatic heterocycles. The molecule has 0 spiro atoms. The third kappa shape index (κ3) is 3.32. The van der Waals surface area contributed by atoms with Gasteiger partial charge in [-0.05, 0) is 19.3 Å². The summed E-state index contributed by atoms with van der Waals surface area (Å²) in [7, 11) is 0. The number of hydrogen-bond donors (Lipinski definition) is 0. The van der Waals surface area contributed by atoms with Gasteiger partial charge in [-0.2, -0.15) is 0 Å². The third-order valence-electron chi connectivity index (χ3n) is 4.31. The summed E-state index contributed by atoms with van der Waals surface area (Å²) < 4.78 is 5.40. The number of hydrogen-bond acceptors (Lipinski definition) is 5. The number of carbonyl (C=O) groups is 1. The van der Waals surface area contributed by atoms with Crippen LogP contribution in [0.1, 0.15) is 72.4 Å². The first-order chi connectivity index (χ1) is 11.1. The summed E-state index contributed by atoms with van der Waals surface area (Å²) >= 11 is 1.72. The molecule has 3 rings (SSSR count). The number of piperidine rings is 1. The van der Waals surface area contributed by atoms with Crippen molar-refractivity contribution in [3.63, 3.8) is 0 Å². The van der Waals surface area contributed by atoms with Gasteiger partial charge in [0, 0.05) is 30.3 Å². The van der Waals surface area contributed by atoms with E-state index in [1.165, 1.54) is 6.39 Å². The Labute approximate surface area is 140 Å². The fourth-order valence-corrected chi connectivity index (χ4v) is 4.04. The molecular weight excluding hydrogens is 310 g/mol. The van der Waals surface area contributed by atoms with Gasteiger partial charge in [-0.1, -0.05) is 20.8 Å². The van der Waals surface area contributed by atoms with Crippen LogP contribution in [0.4, 0.5) is 0 Å². The lowest BCUT2D eigenvalue weighted by atomic mass is 9.98. The van der Waals surface area contributed by atoms with Crippen molar-refractivity contribution in [1.82, 2.24) is 14.9 Å². The third-order valence-corrected chi connectivity index (χ3v) is 5.37. The molecule has 1 fully saturated rings. The molecule has 0 N–H and O–H groups in total. The van der Waals surface area contributed by atoms with Crippen LogP contribution in [0, 0.1) is 0 Å². The van der Waals surface area contributed by atoms with Crippen molar-refractivity contribution in [2.75, 3.05) is 13.1 Å². The van der Waals surface area contributed by atoms with E-state index in [-0.39, 0.29) is 11.8 Å². The minimum absolute atomic E-state index is 0.0144. The van der Waals surface area contributed by atoms with Crippen molar-refractivity contribution in [3.05, 3.63) is 33.9 Å². The Hall–Kier alpha value is -1.69. The van der Waals surface area contributed by atoms with Gasteiger partial charge in [-0.15, -0.1) is 11.3 Å². The van der Waals surface area contributed by atoms with Gasteiger partial charge < -0.3 is 9.32 Å². The molecule has 124 valence electrons. The molecule has 5 nitrogen and oxygen atoms in total. The van der Waals surface area contributed by atoms with Crippen LogP contribution in [-0.2, 0) is 6.42 Å². The summed E-state index contributed by atoms with van der Waals surface area (Å²) in [5, 5.41) is 3.29. The Morgan fingerprint density at radius 3 is 3.04 bits per heavy atom. The zero-order chi connectivity index (χ0) is 16.4. The van der Waals surface area contributed by atoms with Crippen LogP contribution >= 0.6 is 11.3 Å². The van der Waals surface area contributed by atoms with Gasteiger partial charge in [0.25, 0.3) is 5.91 Å². The molecule has 1 atom stereocenters. The number of oxazole rings is 1. The first-order valence-corrected chi connectivity index (χ1v) is 9.15. The maximum atomic E-state index is 12.8. The lowest BCUT2D eigenvalue weighted by Crippen LogP contribution is -2.39. The standard InChI is InChI=1S/C17H23N3O2S/c1-4-13-9-23-16(19-13)12-6-5-7-20(8-12)17(21)14-15(11(2)3)22-10-18-14/h9-12H,4-8H2,1-3H3/t12-/m1/s1. The zero-order valence-corrected chi connectivity index (χ0v) is 14.7. The molecule has 0 saturated carbocycles. The molecule has 1 aliphatic rings. The second-order valence-electron chi connectivity index (χ2n) is 6.34. The van der Waals surface area contributed by atoms with Crippen LogP contribution in [0.15, 0.2) is 16.2 Å². The Bertz CT molecular complexity index is 677. The molecule has 23 heavy (non-hydrogen) atoms. The SMILES string of the molecule is CCc1csc([C@@H]2CCCN(C(=O)c3ncoc3C(C)C)C2)n1. The molecule has 3 heterocycles.